The van der Waals surface area contributed by atoms with Crippen LogP contribution in [0.2, 0.25) is 0 Å². The van der Waals surface area contributed by atoms with Gasteiger partial charge in [-0.25, -0.2) is 0 Å². The minimum absolute atomic E-state index is 0.0688. The predicted molar refractivity (Wildman–Crippen MR) is 107 cm³/mol. The van der Waals surface area contributed by atoms with Gasteiger partial charge >= 0.3 is 0 Å². The number of hydrogen-bond donors (Lipinski definition) is 2. The third-order valence-corrected chi connectivity index (χ3v) is 4.60. The van der Waals surface area contributed by atoms with Crippen LogP contribution in [-0.4, -0.2) is 21.9 Å². The molecule has 0 aliphatic rings. The van der Waals surface area contributed by atoms with Gasteiger partial charge in [0, 0.05) is 23.5 Å². The highest BCUT2D eigenvalue weighted by Gasteiger charge is 2.20. The van der Waals surface area contributed by atoms with Crippen LogP contribution in [-0.2, 0) is 11.3 Å². The maximum atomic E-state index is 12.5. The number of anilines is 2. The predicted octanol–water partition coefficient (Wildman–Crippen LogP) is 3.58. The summed E-state index contributed by atoms with van der Waals surface area (Å²) in [6.07, 6.45) is 1.56. The number of benzene rings is 1. The lowest BCUT2D eigenvalue weighted by Gasteiger charge is -2.12. The molecule has 2 aromatic heterocycles. The Morgan fingerprint density at radius 1 is 1.31 bits per heavy atom. The van der Waals surface area contributed by atoms with Gasteiger partial charge in [-0.15, -0.1) is 0 Å². The summed E-state index contributed by atoms with van der Waals surface area (Å²) in [5.74, 6) is 0.703. The zero-order valence-corrected chi connectivity index (χ0v) is 15.9. The molecule has 0 atom stereocenters. The highest BCUT2D eigenvalue weighted by atomic mass is 16.6. The first-order valence-electron chi connectivity index (χ1n) is 8.81. The Morgan fingerprint density at radius 3 is 2.76 bits per heavy atom. The van der Waals surface area contributed by atoms with Crippen molar-refractivity contribution in [3.05, 3.63) is 75.4 Å². The average Bonchev–Trinajstić information content (AvgIpc) is 3.29. The van der Waals surface area contributed by atoms with Crippen LogP contribution in [0.3, 0.4) is 0 Å². The van der Waals surface area contributed by atoms with Crippen LogP contribution in [0.1, 0.15) is 22.6 Å². The normalized spacial score (nSPS) is 10.4. The molecule has 148 valence electrons. The lowest BCUT2D eigenvalue weighted by Crippen LogP contribution is -2.24. The molecule has 0 bridgehead atoms. The van der Waals surface area contributed by atoms with Gasteiger partial charge < -0.3 is 19.6 Å². The molecule has 0 radical (unpaired) electrons. The summed E-state index contributed by atoms with van der Waals surface area (Å²) in [5, 5.41) is 26.0. The molecule has 0 aliphatic carbocycles. The molecular formula is C20H19N5O4. The summed E-state index contributed by atoms with van der Waals surface area (Å²) in [4.78, 5) is 22.9. The highest BCUT2D eigenvalue weighted by molar-refractivity contribution is 5.94. The SMILES string of the molecule is Cc1c(C#N)c(NC(=O)CNc2cccc([N+](=O)[O-])c2)n(Cc2ccco2)c1C. The molecule has 29 heavy (non-hydrogen) atoms. The van der Waals surface area contributed by atoms with Crippen LogP contribution in [0.5, 0.6) is 0 Å². The molecule has 2 heterocycles. The van der Waals surface area contributed by atoms with E-state index in [0.29, 0.717) is 29.4 Å². The third kappa shape index (κ3) is 4.27. The number of non-ortho nitro benzene ring substituents is 1. The second-order valence-electron chi connectivity index (χ2n) is 6.42. The molecule has 2 N–H and O–H groups in total. The van der Waals surface area contributed by atoms with E-state index in [2.05, 4.69) is 16.7 Å². The minimum atomic E-state index is -0.502. The van der Waals surface area contributed by atoms with Crippen molar-refractivity contribution in [2.45, 2.75) is 20.4 Å². The Labute approximate surface area is 166 Å². The first-order valence-corrected chi connectivity index (χ1v) is 8.81. The van der Waals surface area contributed by atoms with Crippen LogP contribution < -0.4 is 10.6 Å². The van der Waals surface area contributed by atoms with Crippen LogP contribution >= 0.6 is 0 Å². The van der Waals surface area contributed by atoms with E-state index in [1.54, 1.807) is 18.4 Å². The molecule has 0 unspecified atom stereocenters. The molecule has 1 amide bonds. The third-order valence-electron chi connectivity index (χ3n) is 4.60. The van der Waals surface area contributed by atoms with E-state index < -0.39 is 4.92 Å². The smallest absolute Gasteiger partial charge is 0.271 e. The molecule has 0 spiro atoms. The molecule has 9 heteroatoms. The molecule has 1 aromatic carbocycles. The number of amides is 1. The van der Waals surface area contributed by atoms with E-state index in [-0.39, 0.29) is 18.1 Å². The monoisotopic (exact) mass is 393 g/mol. The topological polar surface area (TPSA) is 126 Å². The number of aromatic nitrogens is 1. The van der Waals surface area contributed by atoms with E-state index in [4.69, 9.17) is 4.42 Å². The van der Waals surface area contributed by atoms with Crippen molar-refractivity contribution < 1.29 is 14.1 Å². The van der Waals surface area contributed by atoms with Crippen LogP contribution in [0.15, 0.2) is 47.1 Å². The fraction of sp³-hybridized carbons (Fsp3) is 0.200. The zero-order chi connectivity index (χ0) is 21.0. The van der Waals surface area contributed by atoms with Crippen molar-refractivity contribution >= 4 is 23.1 Å². The van der Waals surface area contributed by atoms with Gasteiger partial charge in [-0.05, 0) is 37.6 Å². The Balaban J connectivity index is 1.77. The standard InChI is InChI=1S/C20H19N5O4/c1-13-14(2)24(12-17-7-4-8-29-17)20(18(13)10-21)23-19(26)11-22-15-5-3-6-16(9-15)25(27)28/h3-9,22H,11-12H2,1-2H3,(H,23,26). The van der Waals surface area contributed by atoms with Crippen LogP contribution in [0.4, 0.5) is 17.2 Å². The minimum Gasteiger partial charge on any atom is -0.467 e. The van der Waals surface area contributed by atoms with E-state index >= 15 is 0 Å². The first-order chi connectivity index (χ1) is 13.9. The highest BCUT2D eigenvalue weighted by Crippen LogP contribution is 2.27. The van der Waals surface area contributed by atoms with Gasteiger partial charge in [0.15, 0.2) is 0 Å². The maximum Gasteiger partial charge on any atom is 0.271 e. The summed E-state index contributed by atoms with van der Waals surface area (Å²) in [6, 6.07) is 11.6. The number of nitrogens with one attached hydrogen (secondary N) is 2. The van der Waals surface area contributed by atoms with Crippen LogP contribution in [0, 0.1) is 35.3 Å². The Morgan fingerprint density at radius 2 is 2.10 bits per heavy atom. The fourth-order valence-electron chi connectivity index (χ4n) is 2.97. The van der Waals surface area contributed by atoms with Gasteiger partial charge in [-0.1, -0.05) is 6.07 Å². The molecule has 0 aliphatic heterocycles. The molecule has 0 fully saturated rings. The number of nitrogens with zero attached hydrogens (tertiary/aromatic N) is 3. The number of furan rings is 1. The molecule has 0 saturated carbocycles. The number of nitro groups is 1. The summed E-state index contributed by atoms with van der Waals surface area (Å²) in [6.45, 7) is 3.95. The summed E-state index contributed by atoms with van der Waals surface area (Å²) in [7, 11) is 0. The van der Waals surface area contributed by atoms with E-state index in [1.807, 2.05) is 24.5 Å². The van der Waals surface area contributed by atoms with Gasteiger partial charge in [0.25, 0.3) is 5.69 Å². The van der Waals surface area contributed by atoms with Gasteiger partial charge in [0.05, 0.1) is 29.8 Å². The van der Waals surface area contributed by atoms with Gasteiger partial charge in [0.1, 0.15) is 17.6 Å². The average molecular weight is 393 g/mol. The summed E-state index contributed by atoms with van der Waals surface area (Å²) in [5.41, 5.74) is 2.40. The van der Waals surface area contributed by atoms with E-state index in [0.717, 1.165) is 11.3 Å². The van der Waals surface area contributed by atoms with Gasteiger partial charge in [-0.2, -0.15) is 5.26 Å². The van der Waals surface area contributed by atoms with Crippen molar-refractivity contribution in [2.24, 2.45) is 0 Å². The quantitative estimate of drug-likeness (QED) is 0.467. The number of hydrogen-bond acceptors (Lipinski definition) is 6. The lowest BCUT2D eigenvalue weighted by molar-refractivity contribution is -0.384. The molecule has 0 saturated heterocycles. The number of rotatable bonds is 7. The number of nitro benzene ring substituents is 1. The number of carbonyl (C=O) groups excluding carboxylic acids is 1. The van der Waals surface area contributed by atoms with E-state index in [1.165, 1.54) is 18.2 Å². The number of nitriles is 1. The van der Waals surface area contributed by atoms with E-state index in [9.17, 15) is 20.2 Å². The van der Waals surface area contributed by atoms with Crippen LogP contribution in [0.25, 0.3) is 0 Å². The summed E-state index contributed by atoms with van der Waals surface area (Å²) < 4.78 is 7.20. The summed E-state index contributed by atoms with van der Waals surface area (Å²) >= 11 is 0. The van der Waals surface area contributed by atoms with Gasteiger partial charge in [-0.3, -0.25) is 14.9 Å². The fourth-order valence-corrected chi connectivity index (χ4v) is 2.97. The Hall–Kier alpha value is -4.06. The second-order valence-corrected chi connectivity index (χ2v) is 6.42. The Bertz CT molecular complexity index is 1090. The first kappa shape index (κ1) is 19.7. The molecule has 3 rings (SSSR count). The van der Waals surface area contributed by atoms with Crippen molar-refractivity contribution in [3.8, 4) is 6.07 Å². The molecule has 9 nitrogen and oxygen atoms in total. The Kier molecular flexibility index (Phi) is 5.64. The van der Waals surface area contributed by atoms with Crippen molar-refractivity contribution in [1.29, 1.82) is 5.26 Å². The second kappa shape index (κ2) is 8.31. The van der Waals surface area contributed by atoms with Crippen molar-refractivity contribution in [2.75, 3.05) is 17.2 Å². The lowest BCUT2D eigenvalue weighted by atomic mass is 10.2. The zero-order valence-electron chi connectivity index (χ0n) is 15.9. The van der Waals surface area contributed by atoms with Crippen molar-refractivity contribution in [3.63, 3.8) is 0 Å². The largest absolute Gasteiger partial charge is 0.467 e. The number of carbonyl (C=O) groups is 1. The van der Waals surface area contributed by atoms with Gasteiger partial charge in [0.2, 0.25) is 5.91 Å². The molecular weight excluding hydrogens is 374 g/mol. The maximum absolute atomic E-state index is 12.5. The van der Waals surface area contributed by atoms with Crippen molar-refractivity contribution in [1.82, 2.24) is 4.57 Å². The molecule has 3 aromatic rings.